The highest BCUT2D eigenvalue weighted by molar-refractivity contribution is 7.89. The number of fused-ring (bicyclic) bond motifs is 1. The molecule has 0 spiro atoms. The minimum Gasteiger partial charge on any atom is -0.350 e. The molecule has 0 saturated carbocycles. The van der Waals surface area contributed by atoms with Gasteiger partial charge >= 0.3 is 0 Å². The normalized spacial score (nSPS) is 13.0. The summed E-state index contributed by atoms with van der Waals surface area (Å²) in [4.78, 5) is 28.0. The van der Waals surface area contributed by atoms with Gasteiger partial charge in [-0.3, -0.25) is 9.59 Å². The average Bonchev–Trinajstić information content (AvgIpc) is 2.81. The zero-order valence-electron chi connectivity index (χ0n) is 21.8. The van der Waals surface area contributed by atoms with Gasteiger partial charge in [-0.1, -0.05) is 54.6 Å². The van der Waals surface area contributed by atoms with E-state index in [9.17, 15) is 18.0 Å². The summed E-state index contributed by atoms with van der Waals surface area (Å²) in [6.45, 7) is 9.00. The molecule has 0 aromatic heterocycles. The predicted octanol–water partition coefficient (Wildman–Crippen LogP) is 4.10. The molecule has 3 aromatic rings. The lowest BCUT2D eigenvalue weighted by Crippen LogP contribution is -2.54. The van der Waals surface area contributed by atoms with Gasteiger partial charge in [-0.05, 0) is 68.7 Å². The van der Waals surface area contributed by atoms with E-state index in [1.165, 1.54) is 11.9 Å². The number of hydrogen-bond acceptors (Lipinski definition) is 4. The molecule has 3 rings (SSSR count). The van der Waals surface area contributed by atoms with Crippen molar-refractivity contribution in [2.75, 3.05) is 13.6 Å². The van der Waals surface area contributed by atoms with Crippen LogP contribution in [0.15, 0.2) is 71.6 Å². The second kappa shape index (κ2) is 10.8. The average molecular weight is 510 g/mol. The molecule has 0 radical (unpaired) electrons. The van der Waals surface area contributed by atoms with E-state index in [1.807, 2.05) is 76.2 Å². The number of likely N-dealkylation sites (N-methyl/N-ethyl adjacent to an activating group) is 1. The van der Waals surface area contributed by atoms with Crippen LogP contribution in [0.1, 0.15) is 38.8 Å². The molecule has 0 fully saturated rings. The summed E-state index contributed by atoms with van der Waals surface area (Å²) in [5.41, 5.74) is 1.40. The van der Waals surface area contributed by atoms with Crippen LogP contribution in [-0.2, 0) is 26.2 Å². The SMILES string of the molecule is Cc1ccccc1CN(C(=O)CN(C)S(=O)(=O)c1ccc2ccccc2c1)[C@H](C)C(=O)NC(C)(C)C. The number of nitrogens with zero attached hydrogens (tertiary/aromatic N) is 2. The molecule has 192 valence electrons. The van der Waals surface area contributed by atoms with Crippen molar-refractivity contribution >= 4 is 32.6 Å². The van der Waals surface area contributed by atoms with Crippen LogP contribution in [0.25, 0.3) is 10.8 Å². The highest BCUT2D eigenvalue weighted by atomic mass is 32.2. The molecule has 36 heavy (non-hydrogen) atoms. The van der Waals surface area contributed by atoms with Gasteiger partial charge in [-0.2, -0.15) is 4.31 Å². The molecule has 0 aliphatic heterocycles. The van der Waals surface area contributed by atoms with E-state index < -0.39 is 34.1 Å². The van der Waals surface area contributed by atoms with Crippen LogP contribution in [0.3, 0.4) is 0 Å². The Morgan fingerprint density at radius 2 is 1.56 bits per heavy atom. The van der Waals surface area contributed by atoms with Crippen LogP contribution in [-0.4, -0.2) is 54.6 Å². The Labute approximate surface area is 214 Å². The first-order chi connectivity index (χ1) is 16.8. The van der Waals surface area contributed by atoms with E-state index >= 15 is 0 Å². The molecule has 0 bridgehead atoms. The van der Waals surface area contributed by atoms with Crippen molar-refractivity contribution in [3.63, 3.8) is 0 Å². The number of sulfonamides is 1. The van der Waals surface area contributed by atoms with Crippen LogP contribution < -0.4 is 5.32 Å². The minimum atomic E-state index is -3.93. The van der Waals surface area contributed by atoms with Gasteiger partial charge in [0.1, 0.15) is 6.04 Å². The summed E-state index contributed by atoms with van der Waals surface area (Å²) in [6.07, 6.45) is 0. The van der Waals surface area contributed by atoms with Crippen LogP contribution in [0, 0.1) is 6.92 Å². The largest absolute Gasteiger partial charge is 0.350 e. The third-order valence-corrected chi connectivity index (χ3v) is 7.85. The summed E-state index contributed by atoms with van der Waals surface area (Å²) in [6, 6.07) is 19.2. The summed E-state index contributed by atoms with van der Waals surface area (Å²) < 4.78 is 27.7. The van der Waals surface area contributed by atoms with Crippen LogP contribution in [0.2, 0.25) is 0 Å². The number of amides is 2. The fraction of sp³-hybridized carbons (Fsp3) is 0.357. The lowest BCUT2D eigenvalue weighted by molar-refractivity contribution is -0.141. The highest BCUT2D eigenvalue weighted by Crippen LogP contribution is 2.22. The number of carbonyl (C=O) groups excluding carboxylic acids is 2. The van der Waals surface area contributed by atoms with Crippen LogP contribution in [0.5, 0.6) is 0 Å². The van der Waals surface area contributed by atoms with Gasteiger partial charge in [-0.15, -0.1) is 0 Å². The quantitative estimate of drug-likeness (QED) is 0.495. The molecular weight excluding hydrogens is 474 g/mol. The van der Waals surface area contributed by atoms with Crippen molar-refractivity contribution in [2.45, 2.75) is 57.6 Å². The second-order valence-electron chi connectivity index (χ2n) is 10.1. The van der Waals surface area contributed by atoms with Crippen molar-refractivity contribution < 1.29 is 18.0 Å². The zero-order valence-corrected chi connectivity index (χ0v) is 22.6. The smallest absolute Gasteiger partial charge is 0.243 e. The molecule has 3 aromatic carbocycles. The molecule has 0 saturated heterocycles. The van der Waals surface area contributed by atoms with E-state index in [0.29, 0.717) is 0 Å². The molecule has 7 nitrogen and oxygen atoms in total. The number of carbonyl (C=O) groups is 2. The maximum atomic E-state index is 13.5. The van der Waals surface area contributed by atoms with Gasteiger partial charge in [0.25, 0.3) is 0 Å². The summed E-state index contributed by atoms with van der Waals surface area (Å²) in [7, 11) is -2.55. The van der Waals surface area contributed by atoms with Gasteiger partial charge in [0.05, 0.1) is 11.4 Å². The first-order valence-corrected chi connectivity index (χ1v) is 13.3. The predicted molar refractivity (Wildman–Crippen MR) is 143 cm³/mol. The van der Waals surface area contributed by atoms with Crippen molar-refractivity contribution in [3.05, 3.63) is 77.9 Å². The molecule has 8 heteroatoms. The summed E-state index contributed by atoms with van der Waals surface area (Å²) in [5.74, 6) is -0.758. The lowest BCUT2D eigenvalue weighted by Gasteiger charge is -2.32. The molecule has 0 aliphatic rings. The maximum absolute atomic E-state index is 13.5. The van der Waals surface area contributed by atoms with E-state index in [2.05, 4.69) is 5.32 Å². The molecular formula is C28H35N3O4S. The van der Waals surface area contributed by atoms with Crippen LogP contribution in [0.4, 0.5) is 0 Å². The molecule has 0 unspecified atom stereocenters. The van der Waals surface area contributed by atoms with Crippen molar-refractivity contribution in [2.24, 2.45) is 0 Å². The Balaban J connectivity index is 1.87. The molecule has 0 aliphatic carbocycles. The fourth-order valence-electron chi connectivity index (χ4n) is 3.90. The third kappa shape index (κ3) is 6.50. The lowest BCUT2D eigenvalue weighted by atomic mass is 10.1. The van der Waals surface area contributed by atoms with Crippen molar-refractivity contribution in [1.29, 1.82) is 0 Å². The van der Waals surface area contributed by atoms with Crippen molar-refractivity contribution in [3.8, 4) is 0 Å². The molecule has 2 amide bonds. The van der Waals surface area contributed by atoms with E-state index in [4.69, 9.17) is 0 Å². The zero-order chi connectivity index (χ0) is 26.7. The minimum absolute atomic E-state index is 0.112. The van der Waals surface area contributed by atoms with Gasteiger partial charge in [0, 0.05) is 19.1 Å². The van der Waals surface area contributed by atoms with Gasteiger partial charge in [-0.25, -0.2) is 8.42 Å². The van der Waals surface area contributed by atoms with Crippen LogP contribution >= 0.6 is 0 Å². The molecule has 1 N–H and O–H groups in total. The topological polar surface area (TPSA) is 86.8 Å². The Morgan fingerprint density at radius 3 is 2.19 bits per heavy atom. The Kier molecular flexibility index (Phi) is 8.21. The number of rotatable bonds is 8. The standard InChI is InChI=1S/C28H35N3O4S/c1-20-11-7-8-14-24(20)18-31(21(2)27(33)29-28(3,4)5)26(32)19-30(6)36(34,35)25-16-15-22-12-9-10-13-23(22)17-25/h7-17,21H,18-19H2,1-6H3,(H,29,33)/t21-/m1/s1. The highest BCUT2D eigenvalue weighted by Gasteiger charge is 2.31. The Morgan fingerprint density at radius 1 is 0.944 bits per heavy atom. The number of benzene rings is 3. The van der Waals surface area contributed by atoms with Gasteiger partial charge in [0.15, 0.2) is 0 Å². The van der Waals surface area contributed by atoms with E-state index in [-0.39, 0.29) is 17.3 Å². The molecule has 0 heterocycles. The summed E-state index contributed by atoms with van der Waals surface area (Å²) in [5, 5.41) is 4.64. The van der Waals surface area contributed by atoms with Gasteiger partial charge in [0.2, 0.25) is 21.8 Å². The first-order valence-electron chi connectivity index (χ1n) is 11.9. The number of aryl methyl sites for hydroxylation is 1. The van der Waals surface area contributed by atoms with E-state index in [1.54, 1.807) is 25.1 Å². The Hall–Kier alpha value is -3.23. The second-order valence-corrected chi connectivity index (χ2v) is 12.2. The third-order valence-electron chi connectivity index (χ3n) is 6.05. The fourth-order valence-corrected chi connectivity index (χ4v) is 5.06. The first kappa shape index (κ1) is 27.4. The number of hydrogen-bond donors (Lipinski definition) is 1. The number of nitrogens with one attached hydrogen (secondary N) is 1. The van der Waals surface area contributed by atoms with Gasteiger partial charge < -0.3 is 10.2 Å². The van der Waals surface area contributed by atoms with E-state index in [0.717, 1.165) is 26.2 Å². The Bertz CT molecular complexity index is 1360. The van der Waals surface area contributed by atoms with Crippen molar-refractivity contribution in [1.82, 2.24) is 14.5 Å². The monoisotopic (exact) mass is 509 g/mol. The molecule has 1 atom stereocenters. The summed E-state index contributed by atoms with van der Waals surface area (Å²) >= 11 is 0. The maximum Gasteiger partial charge on any atom is 0.243 e.